The van der Waals surface area contributed by atoms with Crippen LogP contribution in [0.25, 0.3) is 6.08 Å². The number of carbonyl (C=O) groups excluding carboxylic acids is 3. The predicted molar refractivity (Wildman–Crippen MR) is 116 cm³/mol. The van der Waals surface area contributed by atoms with Gasteiger partial charge in [0.1, 0.15) is 5.57 Å². The maximum atomic E-state index is 13.1. The first-order valence-corrected chi connectivity index (χ1v) is 10.5. The van der Waals surface area contributed by atoms with Gasteiger partial charge in [0.15, 0.2) is 0 Å². The van der Waals surface area contributed by atoms with Crippen molar-refractivity contribution >= 4 is 47.8 Å². The molecule has 1 aliphatic rings. The Balaban J connectivity index is 1.72. The molecule has 0 N–H and O–H groups in total. The van der Waals surface area contributed by atoms with Gasteiger partial charge in [0.25, 0.3) is 11.8 Å². The molecule has 1 saturated heterocycles. The quantitative estimate of drug-likeness (QED) is 0.331. The van der Waals surface area contributed by atoms with Crippen LogP contribution in [-0.2, 0) is 9.59 Å². The maximum absolute atomic E-state index is 13.1. The fraction of sp³-hybridized carbons (Fsp3) is 0. The first-order valence-electron chi connectivity index (χ1n) is 8.95. The lowest BCUT2D eigenvalue weighted by molar-refractivity contribution is -0.129. The molecule has 0 bridgehead atoms. The zero-order valence-electron chi connectivity index (χ0n) is 15.5. The van der Waals surface area contributed by atoms with Crippen molar-refractivity contribution in [2.75, 3.05) is 0 Å². The third-order valence-corrected chi connectivity index (χ3v) is 6.01. The average molecular weight is 434 g/mol. The number of imide groups is 2. The van der Waals surface area contributed by atoms with E-state index in [-0.39, 0.29) is 5.57 Å². The summed E-state index contributed by atoms with van der Waals surface area (Å²) in [5, 5.41) is 0. The second-order valence-corrected chi connectivity index (χ2v) is 8.14. The summed E-state index contributed by atoms with van der Waals surface area (Å²) < 4.78 is 2.00. The van der Waals surface area contributed by atoms with E-state index in [0.717, 1.165) is 32.5 Å². The smallest absolute Gasteiger partial charge is 0.267 e. The van der Waals surface area contributed by atoms with Gasteiger partial charge in [0, 0.05) is 16.0 Å². The average Bonchev–Trinajstić information content (AvgIpc) is 2.79. The third kappa shape index (κ3) is 4.29. The predicted octanol–water partition coefficient (Wildman–Crippen LogP) is 4.67. The van der Waals surface area contributed by atoms with E-state index in [4.69, 9.17) is 0 Å². The topological polar surface area (TPSA) is 70.6 Å². The Morgan fingerprint density at radius 2 is 1.17 bits per heavy atom. The molecule has 4 rings (SSSR count). The minimum absolute atomic E-state index is 0.125. The highest BCUT2D eigenvalue weighted by Crippen LogP contribution is 2.35. The van der Waals surface area contributed by atoms with E-state index in [9.17, 15) is 14.4 Å². The number of hydrogen-bond donors (Lipinski definition) is 0. The Hall–Kier alpha value is -3.36. The molecule has 0 saturated carbocycles. The molecule has 6 nitrogen and oxygen atoms in total. The fourth-order valence-electron chi connectivity index (χ4n) is 2.63. The minimum atomic E-state index is -0.703. The highest BCUT2D eigenvalue weighted by molar-refractivity contribution is 7.99. The van der Waals surface area contributed by atoms with E-state index in [2.05, 4.69) is 4.98 Å². The van der Waals surface area contributed by atoms with Gasteiger partial charge in [0.05, 0.1) is 5.69 Å². The van der Waals surface area contributed by atoms with Crippen LogP contribution < -0.4 is 0 Å². The molecule has 0 radical (unpaired) electrons. The van der Waals surface area contributed by atoms with Crippen LogP contribution in [0.1, 0.15) is 5.69 Å². The molecule has 0 spiro atoms. The van der Waals surface area contributed by atoms with Crippen molar-refractivity contribution in [2.45, 2.75) is 9.79 Å². The lowest BCUT2D eigenvalue weighted by Crippen LogP contribution is -2.50. The Bertz CT molecular complexity index is 1040. The molecular formula is C22H15N3O3S2. The summed E-state index contributed by atoms with van der Waals surface area (Å²) >= 11 is 1.95. The van der Waals surface area contributed by atoms with Crippen molar-refractivity contribution in [3.8, 4) is 0 Å². The Kier molecular flexibility index (Phi) is 5.97. The summed E-state index contributed by atoms with van der Waals surface area (Å²) in [5.41, 5.74) is 0.332. The van der Waals surface area contributed by atoms with E-state index in [1.807, 2.05) is 36.4 Å². The highest BCUT2D eigenvalue weighted by atomic mass is 32.2. The van der Waals surface area contributed by atoms with E-state index < -0.39 is 17.8 Å². The first kappa shape index (κ1) is 19.9. The van der Waals surface area contributed by atoms with E-state index in [1.54, 1.807) is 48.7 Å². The van der Waals surface area contributed by atoms with Crippen LogP contribution in [0, 0.1) is 0 Å². The molecular weight excluding hydrogens is 418 g/mol. The van der Waals surface area contributed by atoms with Gasteiger partial charge >= 0.3 is 6.03 Å². The van der Waals surface area contributed by atoms with E-state index in [0.29, 0.717) is 15.5 Å². The van der Waals surface area contributed by atoms with Crippen molar-refractivity contribution in [3.05, 3.63) is 96.3 Å². The molecule has 148 valence electrons. The molecule has 3 aromatic rings. The standard InChI is InChI=1S/C22H15N3O3S2/c26-20-19(15-16-9-7-8-14-23-16)21(27)25(30-18-12-5-2-6-13-18)22(28)24(20)29-17-10-3-1-4-11-17/h1-15H. The van der Waals surface area contributed by atoms with Crippen LogP contribution in [0.15, 0.2) is 100 Å². The summed E-state index contributed by atoms with van der Waals surface area (Å²) in [6, 6.07) is 22.6. The number of pyridine rings is 1. The number of rotatable bonds is 5. The van der Waals surface area contributed by atoms with Gasteiger partial charge in [-0.05, 0) is 66.4 Å². The Morgan fingerprint density at radius 1 is 0.667 bits per heavy atom. The van der Waals surface area contributed by atoms with Crippen molar-refractivity contribution in [1.29, 1.82) is 0 Å². The van der Waals surface area contributed by atoms with Crippen LogP contribution in [0.5, 0.6) is 0 Å². The molecule has 1 fully saturated rings. The van der Waals surface area contributed by atoms with Gasteiger partial charge in [0.2, 0.25) is 0 Å². The summed E-state index contributed by atoms with van der Waals surface area (Å²) in [6.45, 7) is 0. The number of nitrogens with zero attached hydrogens (tertiary/aromatic N) is 3. The summed E-state index contributed by atoms with van der Waals surface area (Å²) in [4.78, 5) is 44.8. The lowest BCUT2D eigenvalue weighted by atomic mass is 10.1. The number of urea groups is 1. The van der Waals surface area contributed by atoms with Crippen molar-refractivity contribution in [1.82, 2.24) is 13.6 Å². The SMILES string of the molecule is O=C1C(=Cc2ccccn2)C(=O)N(Sc2ccccc2)C(=O)N1Sc1ccccc1. The highest BCUT2D eigenvalue weighted by Gasteiger charge is 2.43. The monoisotopic (exact) mass is 433 g/mol. The molecule has 4 amide bonds. The molecule has 2 aromatic carbocycles. The van der Waals surface area contributed by atoms with Crippen molar-refractivity contribution < 1.29 is 14.4 Å². The van der Waals surface area contributed by atoms with Crippen LogP contribution in [-0.4, -0.2) is 31.4 Å². The largest absolute Gasteiger partial charge is 0.355 e. The van der Waals surface area contributed by atoms with Crippen LogP contribution in [0.4, 0.5) is 4.79 Å². The van der Waals surface area contributed by atoms with Crippen LogP contribution >= 0.6 is 23.9 Å². The van der Waals surface area contributed by atoms with Crippen molar-refractivity contribution in [3.63, 3.8) is 0 Å². The zero-order valence-corrected chi connectivity index (χ0v) is 17.2. The first-order chi connectivity index (χ1) is 14.6. The Morgan fingerprint density at radius 3 is 1.63 bits per heavy atom. The van der Waals surface area contributed by atoms with Gasteiger partial charge in [-0.25, -0.2) is 4.79 Å². The Labute approximate surface area is 181 Å². The molecule has 1 aromatic heterocycles. The molecule has 1 aliphatic heterocycles. The molecule has 0 aliphatic carbocycles. The molecule has 8 heteroatoms. The molecule has 0 atom stereocenters. The molecule has 30 heavy (non-hydrogen) atoms. The number of amides is 4. The molecule has 0 unspecified atom stereocenters. The van der Waals surface area contributed by atoms with Crippen molar-refractivity contribution in [2.24, 2.45) is 0 Å². The molecule has 2 heterocycles. The van der Waals surface area contributed by atoms with E-state index >= 15 is 0 Å². The number of barbiturate groups is 1. The number of aromatic nitrogens is 1. The second kappa shape index (κ2) is 8.98. The number of carbonyl (C=O) groups is 3. The number of hydrogen-bond acceptors (Lipinski definition) is 6. The second-order valence-electron chi connectivity index (χ2n) is 6.10. The summed E-state index contributed by atoms with van der Waals surface area (Å²) in [6.07, 6.45) is 2.98. The van der Waals surface area contributed by atoms with Crippen LogP contribution in [0.3, 0.4) is 0 Å². The van der Waals surface area contributed by atoms with Gasteiger partial charge in [-0.3, -0.25) is 14.6 Å². The van der Waals surface area contributed by atoms with Gasteiger partial charge in [-0.2, -0.15) is 8.61 Å². The number of benzene rings is 2. The summed E-state index contributed by atoms with van der Waals surface area (Å²) in [5.74, 6) is -1.34. The normalized spacial score (nSPS) is 14.3. The lowest BCUT2D eigenvalue weighted by Gasteiger charge is -2.31. The fourth-order valence-corrected chi connectivity index (χ4v) is 4.35. The van der Waals surface area contributed by atoms with Gasteiger partial charge in [-0.15, -0.1) is 0 Å². The maximum Gasteiger partial charge on any atom is 0.355 e. The zero-order chi connectivity index (χ0) is 20.9. The van der Waals surface area contributed by atoms with E-state index in [1.165, 1.54) is 6.08 Å². The van der Waals surface area contributed by atoms with Gasteiger partial charge < -0.3 is 0 Å². The van der Waals surface area contributed by atoms with Crippen LogP contribution in [0.2, 0.25) is 0 Å². The summed E-state index contributed by atoms with van der Waals surface area (Å²) in [7, 11) is 0. The minimum Gasteiger partial charge on any atom is -0.267 e. The third-order valence-electron chi connectivity index (χ3n) is 4.04. The van der Waals surface area contributed by atoms with Gasteiger partial charge in [-0.1, -0.05) is 42.5 Å².